The van der Waals surface area contributed by atoms with Crippen LogP contribution in [0.15, 0.2) is 60.9 Å². The summed E-state index contributed by atoms with van der Waals surface area (Å²) < 4.78 is 6.67. The molecule has 7 heteroatoms. The van der Waals surface area contributed by atoms with Gasteiger partial charge in [0.25, 0.3) is 0 Å². The fourth-order valence-corrected chi connectivity index (χ4v) is 4.99. The number of aromatic nitrogens is 3. The Morgan fingerprint density at radius 2 is 1.90 bits per heavy atom. The molecule has 2 aromatic carbocycles. The molecule has 0 saturated carbocycles. The molecule has 0 radical (unpaired) electrons. The van der Waals surface area contributed by atoms with Gasteiger partial charge in [0.05, 0.1) is 22.9 Å². The van der Waals surface area contributed by atoms with Gasteiger partial charge in [0, 0.05) is 43.6 Å². The summed E-state index contributed by atoms with van der Waals surface area (Å²) in [5, 5.41) is 4.81. The van der Waals surface area contributed by atoms with E-state index in [2.05, 4.69) is 38.4 Å². The number of piperidine rings is 1. The second-order valence-electron chi connectivity index (χ2n) is 7.75. The number of rotatable bonds is 6. The summed E-state index contributed by atoms with van der Waals surface area (Å²) in [6.07, 6.45) is 6.13. The Hall–Kier alpha value is -3.03. The van der Waals surface area contributed by atoms with Crippen LogP contribution in [-0.2, 0) is 6.54 Å². The van der Waals surface area contributed by atoms with Crippen molar-refractivity contribution < 1.29 is 4.74 Å². The standard InChI is InChI=1S/C24H25N5OS/c1-30-21-10-4-2-8-19(21)23-26-14-17(15-27-23)13-25-18-7-6-12-29(16-18)24-28-20-9-3-5-11-22(20)31-24/h2-5,8-11,14-15,18,25H,6-7,12-13,16H2,1H3. The Morgan fingerprint density at radius 3 is 2.74 bits per heavy atom. The smallest absolute Gasteiger partial charge is 0.186 e. The fourth-order valence-electron chi connectivity index (χ4n) is 3.99. The van der Waals surface area contributed by atoms with Crippen molar-refractivity contribution in [3.63, 3.8) is 0 Å². The van der Waals surface area contributed by atoms with Crippen molar-refractivity contribution in [3.8, 4) is 17.1 Å². The van der Waals surface area contributed by atoms with Gasteiger partial charge in [-0.05, 0) is 37.1 Å². The van der Waals surface area contributed by atoms with Crippen LogP contribution < -0.4 is 15.0 Å². The van der Waals surface area contributed by atoms with Crippen LogP contribution in [0, 0.1) is 0 Å². The highest BCUT2D eigenvalue weighted by atomic mass is 32.1. The molecule has 1 N–H and O–H groups in total. The maximum Gasteiger partial charge on any atom is 0.186 e. The first-order valence-corrected chi connectivity index (χ1v) is 11.4. The topological polar surface area (TPSA) is 63.2 Å². The first-order valence-electron chi connectivity index (χ1n) is 10.6. The molecule has 3 heterocycles. The number of fused-ring (bicyclic) bond motifs is 1. The SMILES string of the molecule is COc1ccccc1-c1ncc(CNC2CCCN(c3nc4ccccc4s3)C2)cn1. The summed E-state index contributed by atoms with van der Waals surface area (Å²) in [7, 11) is 1.67. The van der Waals surface area contributed by atoms with Crippen LogP contribution in [0.2, 0.25) is 0 Å². The lowest BCUT2D eigenvalue weighted by Gasteiger charge is -2.33. The van der Waals surface area contributed by atoms with E-state index in [1.165, 1.54) is 11.1 Å². The van der Waals surface area contributed by atoms with Crippen molar-refractivity contribution >= 4 is 26.7 Å². The average Bonchev–Trinajstić information content (AvgIpc) is 3.28. The molecule has 0 amide bonds. The largest absolute Gasteiger partial charge is 0.496 e. The van der Waals surface area contributed by atoms with Crippen molar-refractivity contribution in [1.82, 2.24) is 20.3 Å². The number of benzene rings is 2. The number of thiazole rings is 1. The van der Waals surface area contributed by atoms with Gasteiger partial charge in [0.1, 0.15) is 5.75 Å². The number of nitrogens with zero attached hydrogens (tertiary/aromatic N) is 4. The van der Waals surface area contributed by atoms with Crippen molar-refractivity contribution in [2.24, 2.45) is 0 Å². The van der Waals surface area contributed by atoms with Gasteiger partial charge < -0.3 is 15.0 Å². The minimum absolute atomic E-state index is 0.426. The molecular formula is C24H25N5OS. The van der Waals surface area contributed by atoms with E-state index < -0.39 is 0 Å². The van der Waals surface area contributed by atoms with Gasteiger partial charge in [-0.2, -0.15) is 0 Å². The van der Waals surface area contributed by atoms with Crippen molar-refractivity contribution in [1.29, 1.82) is 0 Å². The summed E-state index contributed by atoms with van der Waals surface area (Å²) in [6, 6.07) is 16.6. The monoisotopic (exact) mass is 431 g/mol. The summed E-state index contributed by atoms with van der Waals surface area (Å²) in [4.78, 5) is 16.4. The van der Waals surface area contributed by atoms with Crippen LogP contribution in [0.4, 0.5) is 5.13 Å². The minimum Gasteiger partial charge on any atom is -0.496 e. The van der Waals surface area contributed by atoms with Gasteiger partial charge in [0.15, 0.2) is 11.0 Å². The van der Waals surface area contributed by atoms with E-state index in [0.717, 1.165) is 53.6 Å². The van der Waals surface area contributed by atoms with E-state index in [0.29, 0.717) is 11.9 Å². The van der Waals surface area contributed by atoms with Crippen molar-refractivity contribution in [2.45, 2.75) is 25.4 Å². The molecule has 6 nitrogen and oxygen atoms in total. The highest BCUT2D eigenvalue weighted by Crippen LogP contribution is 2.30. The highest BCUT2D eigenvalue weighted by molar-refractivity contribution is 7.22. The van der Waals surface area contributed by atoms with Gasteiger partial charge in [0.2, 0.25) is 0 Å². The third-order valence-corrected chi connectivity index (χ3v) is 6.72. The molecule has 0 aliphatic carbocycles. The molecule has 31 heavy (non-hydrogen) atoms. The summed E-state index contributed by atoms with van der Waals surface area (Å²) >= 11 is 1.78. The predicted molar refractivity (Wildman–Crippen MR) is 126 cm³/mol. The molecule has 158 valence electrons. The van der Waals surface area contributed by atoms with Gasteiger partial charge in [-0.3, -0.25) is 0 Å². The second-order valence-corrected chi connectivity index (χ2v) is 8.75. The molecule has 1 atom stereocenters. The normalized spacial score (nSPS) is 16.5. The third-order valence-electron chi connectivity index (χ3n) is 5.62. The molecule has 4 aromatic rings. The molecular weight excluding hydrogens is 406 g/mol. The molecule has 1 aliphatic rings. The van der Waals surface area contributed by atoms with Gasteiger partial charge in [-0.1, -0.05) is 35.6 Å². The number of anilines is 1. The maximum absolute atomic E-state index is 5.42. The Balaban J connectivity index is 1.21. The zero-order chi connectivity index (χ0) is 21.0. The summed E-state index contributed by atoms with van der Waals surface area (Å²) in [5.74, 6) is 1.46. The highest BCUT2D eigenvalue weighted by Gasteiger charge is 2.22. The van der Waals surface area contributed by atoms with Gasteiger partial charge in [-0.25, -0.2) is 15.0 Å². The quantitative estimate of drug-likeness (QED) is 0.484. The summed E-state index contributed by atoms with van der Waals surface area (Å²) in [6.45, 7) is 2.79. The molecule has 0 spiro atoms. The van der Waals surface area contributed by atoms with E-state index in [-0.39, 0.29) is 0 Å². The summed E-state index contributed by atoms with van der Waals surface area (Å²) in [5.41, 5.74) is 3.07. The van der Waals surface area contributed by atoms with Crippen LogP contribution in [0.1, 0.15) is 18.4 Å². The zero-order valence-corrected chi connectivity index (χ0v) is 18.3. The van der Waals surface area contributed by atoms with E-state index in [9.17, 15) is 0 Å². The second kappa shape index (κ2) is 8.99. The molecule has 2 aromatic heterocycles. The number of para-hydroxylation sites is 2. The molecule has 1 unspecified atom stereocenters. The number of hydrogen-bond acceptors (Lipinski definition) is 7. The fraction of sp³-hybridized carbons (Fsp3) is 0.292. The number of ether oxygens (including phenoxy) is 1. The molecule has 0 bridgehead atoms. The lowest BCUT2D eigenvalue weighted by molar-refractivity contribution is 0.416. The van der Waals surface area contributed by atoms with E-state index in [1.54, 1.807) is 18.4 Å². The van der Waals surface area contributed by atoms with Crippen molar-refractivity contribution in [3.05, 3.63) is 66.5 Å². The third kappa shape index (κ3) is 4.38. The zero-order valence-electron chi connectivity index (χ0n) is 17.5. The molecule has 5 rings (SSSR count). The van der Waals surface area contributed by atoms with Crippen molar-refractivity contribution in [2.75, 3.05) is 25.1 Å². The number of methoxy groups -OCH3 is 1. The van der Waals surface area contributed by atoms with Crippen LogP contribution in [0.3, 0.4) is 0 Å². The Labute approximate surface area is 185 Å². The first-order chi connectivity index (χ1) is 15.3. The van der Waals surface area contributed by atoms with Crippen LogP contribution in [-0.4, -0.2) is 41.2 Å². The number of hydrogen-bond donors (Lipinski definition) is 1. The lowest BCUT2D eigenvalue weighted by Crippen LogP contribution is -2.45. The van der Waals surface area contributed by atoms with E-state index in [4.69, 9.17) is 9.72 Å². The van der Waals surface area contributed by atoms with Crippen LogP contribution in [0.25, 0.3) is 21.6 Å². The minimum atomic E-state index is 0.426. The molecule has 1 aliphatic heterocycles. The Morgan fingerprint density at radius 1 is 1.10 bits per heavy atom. The van der Waals surface area contributed by atoms with E-state index >= 15 is 0 Å². The number of nitrogens with one attached hydrogen (secondary N) is 1. The first kappa shape index (κ1) is 19.9. The van der Waals surface area contributed by atoms with Gasteiger partial charge >= 0.3 is 0 Å². The average molecular weight is 432 g/mol. The van der Waals surface area contributed by atoms with E-state index in [1.807, 2.05) is 42.7 Å². The maximum atomic E-state index is 5.42. The Bertz CT molecular complexity index is 1130. The molecule has 1 saturated heterocycles. The molecule has 1 fully saturated rings. The van der Waals surface area contributed by atoms with Crippen LogP contribution in [0.5, 0.6) is 5.75 Å². The van der Waals surface area contributed by atoms with Gasteiger partial charge in [-0.15, -0.1) is 0 Å². The predicted octanol–water partition coefficient (Wildman–Crippen LogP) is 4.52. The Kier molecular flexibility index (Phi) is 5.78. The lowest BCUT2D eigenvalue weighted by atomic mass is 10.1. The van der Waals surface area contributed by atoms with Crippen LogP contribution >= 0.6 is 11.3 Å².